The van der Waals surface area contributed by atoms with E-state index in [0.29, 0.717) is 0 Å². The lowest BCUT2D eigenvalue weighted by molar-refractivity contribution is 0.0515. The molecule has 0 spiro atoms. The molecule has 0 fully saturated rings. The van der Waals surface area contributed by atoms with E-state index in [4.69, 9.17) is 9.47 Å². The molecule has 2 aromatic carbocycles. The van der Waals surface area contributed by atoms with Crippen molar-refractivity contribution in [3.05, 3.63) is 65.0 Å². The van der Waals surface area contributed by atoms with Gasteiger partial charge in [-0.2, -0.15) is 0 Å². The van der Waals surface area contributed by atoms with Gasteiger partial charge < -0.3 is 9.47 Å². The molecular formula is C18H17FO4. The molecule has 0 aliphatic rings. The lowest BCUT2D eigenvalue weighted by Crippen LogP contribution is -2.13. The van der Waals surface area contributed by atoms with Gasteiger partial charge >= 0.3 is 5.97 Å². The van der Waals surface area contributed by atoms with Gasteiger partial charge in [0.2, 0.25) is 0 Å². The highest BCUT2D eigenvalue weighted by Gasteiger charge is 2.24. The number of carbonyl (C=O) groups excluding carboxylic acids is 2. The second-order valence-corrected chi connectivity index (χ2v) is 4.85. The second-order valence-electron chi connectivity index (χ2n) is 4.85. The van der Waals surface area contributed by atoms with Crippen molar-refractivity contribution in [2.45, 2.75) is 20.5 Å². The van der Waals surface area contributed by atoms with Gasteiger partial charge in [0.05, 0.1) is 12.2 Å². The highest BCUT2D eigenvalue weighted by Crippen LogP contribution is 2.27. The standard InChI is InChI=1S/C18H17FO4/c1-3-22-18(21)16-15(10-9-14(12(2)20)17(16)19)23-11-13-7-5-4-6-8-13/h4-10H,3,11H2,1-2H3. The monoisotopic (exact) mass is 316 g/mol. The van der Waals surface area contributed by atoms with Crippen molar-refractivity contribution in [3.63, 3.8) is 0 Å². The van der Waals surface area contributed by atoms with Crippen molar-refractivity contribution in [2.24, 2.45) is 0 Å². The Labute approximate surface area is 133 Å². The number of rotatable bonds is 6. The number of ether oxygens (including phenoxy) is 2. The Hall–Kier alpha value is -2.69. The number of benzene rings is 2. The fourth-order valence-electron chi connectivity index (χ4n) is 2.08. The van der Waals surface area contributed by atoms with Gasteiger partial charge in [-0.25, -0.2) is 9.18 Å². The summed E-state index contributed by atoms with van der Waals surface area (Å²) in [6.07, 6.45) is 0. The summed E-state index contributed by atoms with van der Waals surface area (Å²) in [5.74, 6) is -2.19. The van der Waals surface area contributed by atoms with Gasteiger partial charge in [0.1, 0.15) is 17.9 Å². The van der Waals surface area contributed by atoms with Crippen LogP contribution in [0.2, 0.25) is 0 Å². The van der Waals surface area contributed by atoms with E-state index < -0.39 is 17.6 Å². The van der Waals surface area contributed by atoms with Crippen LogP contribution < -0.4 is 4.74 Å². The van der Waals surface area contributed by atoms with Crippen LogP contribution in [0.4, 0.5) is 4.39 Å². The third kappa shape index (κ3) is 3.94. The first-order chi connectivity index (χ1) is 11.0. The minimum atomic E-state index is -0.915. The van der Waals surface area contributed by atoms with Gasteiger partial charge in [-0.05, 0) is 31.5 Å². The number of Topliss-reactive ketones (excluding diaryl/α,β-unsaturated/α-hetero) is 1. The van der Waals surface area contributed by atoms with Gasteiger partial charge in [-0.3, -0.25) is 4.79 Å². The molecule has 23 heavy (non-hydrogen) atoms. The molecule has 5 heteroatoms. The molecule has 2 rings (SSSR count). The van der Waals surface area contributed by atoms with Crippen LogP contribution in [0.1, 0.15) is 40.1 Å². The van der Waals surface area contributed by atoms with Crippen LogP contribution in [0.15, 0.2) is 42.5 Å². The maximum Gasteiger partial charge on any atom is 0.344 e. The summed E-state index contributed by atoms with van der Waals surface area (Å²) in [7, 11) is 0. The van der Waals surface area contributed by atoms with Crippen molar-refractivity contribution in [2.75, 3.05) is 6.61 Å². The van der Waals surface area contributed by atoms with Crippen LogP contribution in [0.5, 0.6) is 5.75 Å². The molecule has 2 aromatic rings. The molecule has 0 aliphatic carbocycles. The Morgan fingerprint density at radius 2 is 1.78 bits per heavy atom. The van der Waals surface area contributed by atoms with Crippen molar-refractivity contribution in [1.29, 1.82) is 0 Å². The first-order valence-corrected chi connectivity index (χ1v) is 7.21. The van der Waals surface area contributed by atoms with Crippen LogP contribution in [-0.4, -0.2) is 18.4 Å². The first-order valence-electron chi connectivity index (χ1n) is 7.21. The zero-order chi connectivity index (χ0) is 16.8. The molecule has 0 bridgehead atoms. The summed E-state index contributed by atoms with van der Waals surface area (Å²) in [5, 5.41) is 0. The summed E-state index contributed by atoms with van der Waals surface area (Å²) in [6, 6.07) is 12.0. The third-order valence-corrected chi connectivity index (χ3v) is 3.20. The van der Waals surface area contributed by atoms with Crippen molar-refractivity contribution < 1.29 is 23.5 Å². The highest BCUT2D eigenvalue weighted by molar-refractivity contribution is 5.99. The quantitative estimate of drug-likeness (QED) is 0.601. The molecule has 4 nitrogen and oxygen atoms in total. The maximum absolute atomic E-state index is 14.5. The molecule has 0 saturated carbocycles. The van der Waals surface area contributed by atoms with Crippen LogP contribution in [0, 0.1) is 5.82 Å². The fraction of sp³-hybridized carbons (Fsp3) is 0.222. The number of hydrogen-bond donors (Lipinski definition) is 0. The summed E-state index contributed by atoms with van der Waals surface area (Å²) in [6.45, 7) is 3.12. The largest absolute Gasteiger partial charge is 0.488 e. The molecule has 0 N–H and O–H groups in total. The normalized spacial score (nSPS) is 10.2. The predicted octanol–water partition coefficient (Wildman–Crippen LogP) is 3.78. The summed E-state index contributed by atoms with van der Waals surface area (Å²) < 4.78 is 24.9. The van der Waals surface area contributed by atoms with E-state index in [-0.39, 0.29) is 30.1 Å². The second kappa shape index (κ2) is 7.54. The van der Waals surface area contributed by atoms with Crippen molar-refractivity contribution >= 4 is 11.8 Å². The number of carbonyl (C=O) groups is 2. The highest BCUT2D eigenvalue weighted by atomic mass is 19.1. The Morgan fingerprint density at radius 1 is 1.09 bits per heavy atom. The molecule has 0 saturated heterocycles. The molecule has 0 amide bonds. The number of esters is 1. The van der Waals surface area contributed by atoms with E-state index >= 15 is 0 Å². The molecule has 0 radical (unpaired) electrons. The van der Waals surface area contributed by atoms with Crippen LogP contribution in [0.25, 0.3) is 0 Å². The van der Waals surface area contributed by atoms with Gasteiger partial charge in [0, 0.05) is 0 Å². The van der Waals surface area contributed by atoms with E-state index in [1.165, 1.54) is 19.1 Å². The Kier molecular flexibility index (Phi) is 5.46. The summed E-state index contributed by atoms with van der Waals surface area (Å²) >= 11 is 0. The third-order valence-electron chi connectivity index (χ3n) is 3.20. The van der Waals surface area contributed by atoms with Gasteiger partial charge in [-0.15, -0.1) is 0 Å². The topological polar surface area (TPSA) is 52.6 Å². The summed E-state index contributed by atoms with van der Waals surface area (Å²) in [4.78, 5) is 23.5. The van der Waals surface area contributed by atoms with E-state index in [1.807, 2.05) is 30.3 Å². The molecule has 0 atom stereocenters. The zero-order valence-corrected chi connectivity index (χ0v) is 13.0. The molecule has 0 aliphatic heterocycles. The molecular weight excluding hydrogens is 299 g/mol. The minimum Gasteiger partial charge on any atom is -0.488 e. The van der Waals surface area contributed by atoms with Crippen LogP contribution >= 0.6 is 0 Å². The lowest BCUT2D eigenvalue weighted by Gasteiger charge is -2.13. The van der Waals surface area contributed by atoms with E-state index in [2.05, 4.69) is 0 Å². The Morgan fingerprint density at radius 3 is 2.39 bits per heavy atom. The van der Waals surface area contributed by atoms with Crippen molar-refractivity contribution in [1.82, 2.24) is 0 Å². The van der Waals surface area contributed by atoms with Gasteiger partial charge in [-0.1, -0.05) is 30.3 Å². The zero-order valence-electron chi connectivity index (χ0n) is 13.0. The van der Waals surface area contributed by atoms with Gasteiger partial charge in [0.15, 0.2) is 11.6 Å². The van der Waals surface area contributed by atoms with Crippen LogP contribution in [-0.2, 0) is 11.3 Å². The molecule has 0 heterocycles. The van der Waals surface area contributed by atoms with Crippen LogP contribution in [0.3, 0.4) is 0 Å². The molecule has 120 valence electrons. The predicted molar refractivity (Wildman–Crippen MR) is 83.1 cm³/mol. The SMILES string of the molecule is CCOC(=O)c1c(OCc2ccccc2)ccc(C(C)=O)c1F. The average molecular weight is 316 g/mol. The maximum atomic E-state index is 14.5. The fourth-order valence-corrected chi connectivity index (χ4v) is 2.08. The van der Waals surface area contributed by atoms with E-state index in [9.17, 15) is 14.0 Å². The Balaban J connectivity index is 2.35. The van der Waals surface area contributed by atoms with E-state index in [0.717, 1.165) is 5.56 Å². The smallest absolute Gasteiger partial charge is 0.344 e. The number of hydrogen-bond acceptors (Lipinski definition) is 4. The molecule has 0 unspecified atom stereocenters. The first kappa shape index (κ1) is 16.7. The summed E-state index contributed by atoms with van der Waals surface area (Å²) in [5.41, 5.74) is 0.356. The average Bonchev–Trinajstić information content (AvgIpc) is 2.53. The number of ketones is 1. The lowest BCUT2D eigenvalue weighted by atomic mass is 10.1. The van der Waals surface area contributed by atoms with Gasteiger partial charge in [0.25, 0.3) is 0 Å². The van der Waals surface area contributed by atoms with Crippen molar-refractivity contribution in [3.8, 4) is 5.75 Å². The number of halogens is 1. The molecule has 0 aromatic heterocycles. The minimum absolute atomic E-state index is 0.0507. The Bertz CT molecular complexity index is 710. The van der Waals surface area contributed by atoms with E-state index in [1.54, 1.807) is 6.92 Å².